The Hall–Kier alpha value is -0.460. The molecule has 0 saturated heterocycles. The zero-order valence-electron chi connectivity index (χ0n) is 8.71. The Morgan fingerprint density at radius 3 is 3.00 bits per heavy atom. The average molecular weight is 292 g/mol. The van der Waals surface area contributed by atoms with Crippen molar-refractivity contribution in [2.24, 2.45) is 0 Å². The number of hydrogen-bond donors (Lipinski definition) is 2. The molecule has 1 rings (SSSR count). The summed E-state index contributed by atoms with van der Waals surface area (Å²) in [5, 5.41) is 6.45. The van der Waals surface area contributed by atoms with Gasteiger partial charge in [-0.25, -0.2) is 4.98 Å². The van der Waals surface area contributed by atoms with Crippen LogP contribution in [0.4, 0.5) is 5.13 Å². The van der Waals surface area contributed by atoms with Crippen LogP contribution in [-0.2, 0) is 4.79 Å². The molecule has 2 N–H and O–H groups in total. The average Bonchev–Trinajstić information content (AvgIpc) is 2.60. The SMILES string of the molecule is CCC(C)NCC(=O)Nc1ncc(Br)s1. The quantitative estimate of drug-likeness (QED) is 0.875. The smallest absolute Gasteiger partial charge is 0.240 e. The van der Waals surface area contributed by atoms with Gasteiger partial charge in [0.25, 0.3) is 0 Å². The van der Waals surface area contributed by atoms with Gasteiger partial charge in [0.1, 0.15) is 0 Å². The maximum absolute atomic E-state index is 11.4. The molecule has 0 bridgehead atoms. The first-order chi connectivity index (χ1) is 7.11. The van der Waals surface area contributed by atoms with Gasteiger partial charge in [-0.1, -0.05) is 18.3 Å². The van der Waals surface area contributed by atoms with Crippen LogP contribution in [0.1, 0.15) is 20.3 Å². The van der Waals surface area contributed by atoms with Gasteiger partial charge in [0.05, 0.1) is 16.5 Å². The topological polar surface area (TPSA) is 54.0 Å². The van der Waals surface area contributed by atoms with Crippen molar-refractivity contribution < 1.29 is 4.79 Å². The number of amides is 1. The first-order valence-corrected chi connectivity index (χ1v) is 6.37. The molecule has 0 fully saturated rings. The summed E-state index contributed by atoms with van der Waals surface area (Å²) in [5.74, 6) is -0.0582. The maximum atomic E-state index is 11.4. The van der Waals surface area contributed by atoms with E-state index >= 15 is 0 Å². The van der Waals surface area contributed by atoms with Crippen LogP contribution in [0.3, 0.4) is 0 Å². The third-order valence-electron chi connectivity index (χ3n) is 1.95. The van der Waals surface area contributed by atoms with Crippen molar-refractivity contribution in [3.8, 4) is 0 Å². The van der Waals surface area contributed by atoms with E-state index in [2.05, 4.69) is 38.5 Å². The monoisotopic (exact) mass is 291 g/mol. The molecule has 1 heterocycles. The lowest BCUT2D eigenvalue weighted by atomic mass is 10.2. The molecule has 1 amide bonds. The van der Waals surface area contributed by atoms with Crippen LogP contribution in [0.2, 0.25) is 0 Å². The normalized spacial score (nSPS) is 12.5. The van der Waals surface area contributed by atoms with E-state index in [1.165, 1.54) is 11.3 Å². The van der Waals surface area contributed by atoms with Gasteiger partial charge >= 0.3 is 0 Å². The molecule has 1 atom stereocenters. The molecule has 84 valence electrons. The first kappa shape index (κ1) is 12.6. The zero-order valence-corrected chi connectivity index (χ0v) is 11.1. The molecule has 0 radical (unpaired) electrons. The van der Waals surface area contributed by atoms with Crippen LogP contribution < -0.4 is 10.6 Å². The van der Waals surface area contributed by atoms with Crippen LogP contribution in [0.5, 0.6) is 0 Å². The number of rotatable bonds is 5. The van der Waals surface area contributed by atoms with E-state index in [4.69, 9.17) is 0 Å². The Balaban J connectivity index is 2.30. The van der Waals surface area contributed by atoms with Crippen LogP contribution in [0, 0.1) is 0 Å². The summed E-state index contributed by atoms with van der Waals surface area (Å²) < 4.78 is 0.910. The fourth-order valence-electron chi connectivity index (χ4n) is 0.887. The molecule has 0 spiro atoms. The summed E-state index contributed by atoms with van der Waals surface area (Å²) in [6.45, 7) is 4.45. The van der Waals surface area contributed by atoms with Crippen LogP contribution >= 0.6 is 27.3 Å². The highest BCUT2D eigenvalue weighted by Gasteiger charge is 2.06. The van der Waals surface area contributed by atoms with Gasteiger partial charge in [-0.05, 0) is 29.3 Å². The van der Waals surface area contributed by atoms with E-state index in [9.17, 15) is 4.79 Å². The molecule has 4 nitrogen and oxygen atoms in total. The minimum absolute atomic E-state index is 0.0582. The summed E-state index contributed by atoms with van der Waals surface area (Å²) in [6.07, 6.45) is 2.68. The van der Waals surface area contributed by atoms with Crippen molar-refractivity contribution in [3.63, 3.8) is 0 Å². The Morgan fingerprint density at radius 2 is 2.47 bits per heavy atom. The Labute approximate surface area is 102 Å². The van der Waals surface area contributed by atoms with Crippen LogP contribution in [0.25, 0.3) is 0 Å². The van der Waals surface area contributed by atoms with Gasteiger partial charge in [-0.3, -0.25) is 4.79 Å². The van der Waals surface area contributed by atoms with Crippen molar-refractivity contribution in [2.45, 2.75) is 26.3 Å². The van der Waals surface area contributed by atoms with Crippen LogP contribution in [0.15, 0.2) is 9.98 Å². The minimum atomic E-state index is -0.0582. The second-order valence-electron chi connectivity index (χ2n) is 3.21. The number of carbonyl (C=O) groups is 1. The lowest BCUT2D eigenvalue weighted by Crippen LogP contribution is -2.33. The summed E-state index contributed by atoms with van der Waals surface area (Å²) >= 11 is 4.69. The van der Waals surface area contributed by atoms with E-state index in [0.717, 1.165) is 10.2 Å². The fraction of sp³-hybridized carbons (Fsp3) is 0.556. The Kier molecular flexibility index (Phi) is 5.21. The molecule has 0 aromatic carbocycles. The molecule has 6 heteroatoms. The van der Waals surface area contributed by atoms with Gasteiger partial charge in [0.15, 0.2) is 5.13 Å². The predicted molar refractivity (Wildman–Crippen MR) is 66.2 cm³/mol. The van der Waals surface area contributed by atoms with Crippen molar-refractivity contribution in [2.75, 3.05) is 11.9 Å². The highest BCUT2D eigenvalue weighted by atomic mass is 79.9. The number of aromatic nitrogens is 1. The number of carbonyl (C=O) groups excluding carboxylic acids is 1. The van der Waals surface area contributed by atoms with E-state index in [0.29, 0.717) is 17.7 Å². The van der Waals surface area contributed by atoms with E-state index in [1.807, 2.05) is 6.92 Å². The molecule has 1 aromatic heterocycles. The van der Waals surface area contributed by atoms with Gasteiger partial charge in [-0.15, -0.1) is 0 Å². The van der Waals surface area contributed by atoms with Gasteiger partial charge in [0.2, 0.25) is 5.91 Å². The first-order valence-electron chi connectivity index (χ1n) is 4.76. The molecule has 0 aliphatic heterocycles. The van der Waals surface area contributed by atoms with Crippen molar-refractivity contribution in [1.82, 2.24) is 10.3 Å². The zero-order chi connectivity index (χ0) is 11.3. The van der Waals surface area contributed by atoms with Gasteiger partial charge in [-0.2, -0.15) is 0 Å². The second kappa shape index (κ2) is 6.19. The van der Waals surface area contributed by atoms with Crippen molar-refractivity contribution in [1.29, 1.82) is 0 Å². The number of nitrogens with zero attached hydrogens (tertiary/aromatic N) is 1. The minimum Gasteiger partial charge on any atom is -0.306 e. The van der Waals surface area contributed by atoms with Gasteiger partial charge in [0, 0.05) is 6.04 Å². The second-order valence-corrected chi connectivity index (χ2v) is 5.62. The molecule has 1 unspecified atom stereocenters. The van der Waals surface area contributed by atoms with Gasteiger partial charge < -0.3 is 10.6 Å². The van der Waals surface area contributed by atoms with E-state index in [-0.39, 0.29) is 5.91 Å². The molecule has 0 aliphatic rings. The molecule has 1 aromatic rings. The number of hydrogen-bond acceptors (Lipinski definition) is 4. The Morgan fingerprint density at radius 1 is 1.73 bits per heavy atom. The molecule has 0 aliphatic carbocycles. The number of nitrogens with one attached hydrogen (secondary N) is 2. The lowest BCUT2D eigenvalue weighted by molar-refractivity contribution is -0.115. The number of thiazole rings is 1. The number of anilines is 1. The largest absolute Gasteiger partial charge is 0.306 e. The third kappa shape index (κ3) is 4.72. The fourth-order valence-corrected chi connectivity index (χ4v) is 2.01. The third-order valence-corrected chi connectivity index (χ3v) is 3.34. The van der Waals surface area contributed by atoms with Crippen molar-refractivity contribution in [3.05, 3.63) is 9.98 Å². The molecule has 15 heavy (non-hydrogen) atoms. The van der Waals surface area contributed by atoms with Crippen LogP contribution in [-0.4, -0.2) is 23.5 Å². The molecule has 0 saturated carbocycles. The summed E-state index contributed by atoms with van der Waals surface area (Å²) in [6, 6.07) is 0.360. The number of halogens is 1. The standard InChI is InChI=1S/C9H14BrN3OS/c1-3-6(2)11-5-8(14)13-9-12-4-7(10)15-9/h4,6,11H,3,5H2,1-2H3,(H,12,13,14). The Bertz CT molecular complexity index is 329. The van der Waals surface area contributed by atoms with Crippen molar-refractivity contribution >= 4 is 38.3 Å². The lowest BCUT2D eigenvalue weighted by Gasteiger charge is -2.09. The highest BCUT2D eigenvalue weighted by Crippen LogP contribution is 2.22. The summed E-state index contributed by atoms with van der Waals surface area (Å²) in [4.78, 5) is 15.4. The van der Waals surface area contributed by atoms with E-state index in [1.54, 1.807) is 6.20 Å². The maximum Gasteiger partial charge on any atom is 0.240 e. The van der Waals surface area contributed by atoms with E-state index < -0.39 is 0 Å². The predicted octanol–water partition coefficient (Wildman–Crippen LogP) is 2.23. The molecular formula is C9H14BrN3OS. The molecular weight excluding hydrogens is 278 g/mol. The summed E-state index contributed by atoms with van der Waals surface area (Å²) in [7, 11) is 0. The highest BCUT2D eigenvalue weighted by molar-refractivity contribution is 9.11. The summed E-state index contributed by atoms with van der Waals surface area (Å²) in [5.41, 5.74) is 0.